The third-order valence-corrected chi connectivity index (χ3v) is 6.99. The van der Waals surface area contributed by atoms with Gasteiger partial charge in [0.1, 0.15) is 6.54 Å². The average Bonchev–Trinajstić information content (AvgIpc) is 3.04. The van der Waals surface area contributed by atoms with E-state index in [9.17, 15) is 9.59 Å². The molecule has 2 atom stereocenters. The van der Waals surface area contributed by atoms with Gasteiger partial charge in [0, 0.05) is 37.9 Å². The van der Waals surface area contributed by atoms with Crippen LogP contribution in [0.2, 0.25) is 0 Å². The van der Waals surface area contributed by atoms with Crippen LogP contribution >= 0.6 is 0 Å². The van der Waals surface area contributed by atoms with Gasteiger partial charge < -0.3 is 19.4 Å². The van der Waals surface area contributed by atoms with Crippen LogP contribution in [-0.4, -0.2) is 95.3 Å². The topological polar surface area (TPSA) is 70.9 Å². The van der Waals surface area contributed by atoms with E-state index in [1.54, 1.807) is 4.68 Å². The van der Waals surface area contributed by atoms with Crippen molar-refractivity contribution >= 4 is 11.8 Å². The number of carbonyl (C=O) groups excluding carboxylic acids is 2. The van der Waals surface area contributed by atoms with Gasteiger partial charge in [-0.25, -0.2) is 0 Å². The fourth-order valence-corrected chi connectivity index (χ4v) is 5.36. The van der Waals surface area contributed by atoms with Gasteiger partial charge in [-0.15, -0.1) is 0 Å². The Kier molecular flexibility index (Phi) is 5.66. The smallest absolute Gasteiger partial charge is 0.244 e. The molecule has 0 saturated carbocycles. The van der Waals surface area contributed by atoms with Crippen LogP contribution in [0.25, 0.3) is 0 Å². The van der Waals surface area contributed by atoms with Gasteiger partial charge in [-0.1, -0.05) is 0 Å². The van der Waals surface area contributed by atoms with E-state index in [0.29, 0.717) is 39.4 Å². The molecule has 8 nitrogen and oxygen atoms in total. The Morgan fingerprint density at radius 2 is 1.90 bits per heavy atom. The van der Waals surface area contributed by atoms with Crippen LogP contribution in [0, 0.1) is 19.3 Å². The van der Waals surface area contributed by atoms with Gasteiger partial charge in [0.15, 0.2) is 0 Å². The highest BCUT2D eigenvalue weighted by Gasteiger charge is 2.53. The van der Waals surface area contributed by atoms with E-state index in [1.807, 2.05) is 29.7 Å². The molecule has 0 aliphatic carbocycles. The number of carbonyl (C=O) groups is 2. The molecule has 3 fully saturated rings. The minimum atomic E-state index is -0.376. The number of fused-ring (bicyclic) bond motifs is 1. The monoisotopic (exact) mass is 403 g/mol. The maximum Gasteiger partial charge on any atom is 0.244 e. The predicted octanol–water partition coefficient (Wildman–Crippen LogP) is 0.672. The minimum Gasteiger partial charge on any atom is -0.378 e. The summed E-state index contributed by atoms with van der Waals surface area (Å²) in [5.41, 5.74) is 1.55. The van der Waals surface area contributed by atoms with Gasteiger partial charge in [0.2, 0.25) is 11.8 Å². The minimum absolute atomic E-state index is 0.0738. The second-order valence-electron chi connectivity index (χ2n) is 8.84. The number of hydrogen-bond donors (Lipinski definition) is 0. The molecule has 8 heteroatoms. The van der Waals surface area contributed by atoms with Crippen molar-refractivity contribution < 1.29 is 14.3 Å². The molecule has 0 radical (unpaired) electrons. The zero-order valence-electron chi connectivity index (χ0n) is 17.9. The molecular formula is C21H33N5O3. The molecule has 4 rings (SSSR count). The molecule has 0 N–H and O–H groups in total. The molecule has 0 spiro atoms. The summed E-state index contributed by atoms with van der Waals surface area (Å²) in [4.78, 5) is 32.8. The third-order valence-electron chi connectivity index (χ3n) is 6.99. The Hall–Kier alpha value is -1.93. The lowest BCUT2D eigenvalue weighted by Gasteiger charge is -2.54. The summed E-state index contributed by atoms with van der Waals surface area (Å²) < 4.78 is 7.22. The lowest BCUT2D eigenvalue weighted by Crippen LogP contribution is -2.66. The highest BCUT2D eigenvalue weighted by molar-refractivity contribution is 5.85. The largest absolute Gasteiger partial charge is 0.378 e. The molecule has 0 bridgehead atoms. The zero-order chi connectivity index (χ0) is 20.6. The average molecular weight is 404 g/mol. The molecule has 1 aromatic rings. The Morgan fingerprint density at radius 1 is 1.14 bits per heavy atom. The molecule has 3 aliphatic rings. The number of likely N-dealkylation sites (N-methyl/N-ethyl adjacent to an activating group) is 1. The first-order valence-electron chi connectivity index (χ1n) is 10.8. The summed E-state index contributed by atoms with van der Waals surface area (Å²) in [5.74, 6) is 0.352. The quantitative estimate of drug-likeness (QED) is 0.742. The fourth-order valence-electron chi connectivity index (χ4n) is 5.36. The van der Waals surface area contributed by atoms with Gasteiger partial charge in [0.25, 0.3) is 0 Å². The second-order valence-corrected chi connectivity index (χ2v) is 8.84. The molecule has 3 aliphatic heterocycles. The molecule has 0 aromatic carbocycles. The number of ether oxygens (including phenoxy) is 1. The number of aryl methyl sites for hydroxylation is 2. The van der Waals surface area contributed by atoms with Gasteiger partial charge >= 0.3 is 0 Å². The maximum atomic E-state index is 13.6. The highest BCUT2D eigenvalue weighted by Crippen LogP contribution is 2.43. The predicted molar refractivity (Wildman–Crippen MR) is 108 cm³/mol. The van der Waals surface area contributed by atoms with Crippen molar-refractivity contribution in [1.29, 1.82) is 0 Å². The summed E-state index contributed by atoms with van der Waals surface area (Å²) in [6.45, 7) is 9.01. The summed E-state index contributed by atoms with van der Waals surface area (Å²) in [7, 11) is 2.10. The van der Waals surface area contributed by atoms with E-state index >= 15 is 0 Å². The number of morpholine rings is 1. The normalized spacial score (nSPS) is 28.3. The first kappa shape index (κ1) is 20.3. The molecule has 2 amide bonds. The molecule has 160 valence electrons. The van der Waals surface area contributed by atoms with Crippen molar-refractivity contribution in [2.24, 2.45) is 5.41 Å². The molecule has 4 heterocycles. The van der Waals surface area contributed by atoms with Gasteiger partial charge in [-0.2, -0.15) is 5.10 Å². The Morgan fingerprint density at radius 3 is 2.59 bits per heavy atom. The molecule has 1 aromatic heterocycles. The number of piperidine rings is 2. The van der Waals surface area contributed by atoms with Crippen LogP contribution in [0.4, 0.5) is 0 Å². The number of amides is 2. The Bertz CT molecular complexity index is 772. The van der Waals surface area contributed by atoms with E-state index in [2.05, 4.69) is 17.0 Å². The van der Waals surface area contributed by atoms with Crippen LogP contribution in [-0.2, 0) is 20.9 Å². The zero-order valence-corrected chi connectivity index (χ0v) is 17.9. The first-order chi connectivity index (χ1) is 13.9. The van der Waals surface area contributed by atoms with Crippen molar-refractivity contribution in [1.82, 2.24) is 24.5 Å². The Labute approximate surface area is 172 Å². The van der Waals surface area contributed by atoms with E-state index in [0.717, 1.165) is 37.2 Å². The van der Waals surface area contributed by atoms with Crippen molar-refractivity contribution in [2.45, 2.75) is 45.7 Å². The van der Waals surface area contributed by atoms with Gasteiger partial charge in [-0.3, -0.25) is 14.3 Å². The number of aromatic nitrogens is 2. The standard InChI is InChI=1S/C21H33N5O3/c1-16-13-17(2)26(22-16)15-19(27)25-8-6-21(5-4-7-23(3)18(21)14-25)20(28)24-9-11-29-12-10-24/h13,18H,4-12,14-15H2,1-3H3/t18-,21+/m0/s1. The van der Waals surface area contributed by atoms with Crippen LogP contribution in [0.1, 0.15) is 30.7 Å². The van der Waals surface area contributed by atoms with E-state index in [-0.39, 0.29) is 29.8 Å². The SMILES string of the molecule is Cc1cc(C)n(CC(=O)N2CC[C@]3(C(=O)N4CCOCC4)CCCN(C)[C@H]3C2)n1. The van der Waals surface area contributed by atoms with Crippen molar-refractivity contribution in [3.05, 3.63) is 17.5 Å². The van der Waals surface area contributed by atoms with Crippen LogP contribution in [0.5, 0.6) is 0 Å². The van der Waals surface area contributed by atoms with Gasteiger partial charge in [-0.05, 0) is 52.8 Å². The molecule has 29 heavy (non-hydrogen) atoms. The fraction of sp³-hybridized carbons (Fsp3) is 0.762. The van der Waals surface area contributed by atoms with Crippen LogP contribution in [0.3, 0.4) is 0 Å². The third kappa shape index (κ3) is 3.80. The van der Waals surface area contributed by atoms with Gasteiger partial charge in [0.05, 0.1) is 24.3 Å². The number of rotatable bonds is 3. The summed E-state index contributed by atoms with van der Waals surface area (Å²) in [6.07, 6.45) is 2.68. The summed E-state index contributed by atoms with van der Waals surface area (Å²) in [6, 6.07) is 2.06. The Balaban J connectivity index is 1.50. The lowest BCUT2D eigenvalue weighted by atomic mass is 9.67. The van der Waals surface area contributed by atoms with E-state index < -0.39 is 0 Å². The van der Waals surface area contributed by atoms with Crippen LogP contribution in [0.15, 0.2) is 6.07 Å². The van der Waals surface area contributed by atoms with E-state index in [4.69, 9.17) is 4.74 Å². The summed E-state index contributed by atoms with van der Waals surface area (Å²) in [5, 5.41) is 4.43. The number of hydrogen-bond acceptors (Lipinski definition) is 5. The number of nitrogens with zero attached hydrogens (tertiary/aromatic N) is 5. The second kappa shape index (κ2) is 8.07. The maximum absolute atomic E-state index is 13.6. The van der Waals surface area contributed by atoms with Crippen molar-refractivity contribution in [2.75, 3.05) is 53.0 Å². The molecule has 3 saturated heterocycles. The van der Waals surface area contributed by atoms with Crippen molar-refractivity contribution in [3.63, 3.8) is 0 Å². The number of likely N-dealkylation sites (tertiary alicyclic amines) is 2. The van der Waals surface area contributed by atoms with Crippen molar-refractivity contribution in [3.8, 4) is 0 Å². The molecule has 0 unspecified atom stereocenters. The van der Waals surface area contributed by atoms with E-state index in [1.165, 1.54) is 0 Å². The lowest BCUT2D eigenvalue weighted by molar-refractivity contribution is -0.162. The highest BCUT2D eigenvalue weighted by atomic mass is 16.5. The summed E-state index contributed by atoms with van der Waals surface area (Å²) >= 11 is 0. The molecular weight excluding hydrogens is 370 g/mol. The first-order valence-corrected chi connectivity index (χ1v) is 10.8. The van der Waals surface area contributed by atoms with Crippen LogP contribution < -0.4 is 0 Å².